The van der Waals surface area contributed by atoms with Crippen molar-refractivity contribution in [3.05, 3.63) is 42.5 Å². The van der Waals surface area contributed by atoms with Gasteiger partial charge in [0.1, 0.15) is 5.75 Å². The van der Waals surface area contributed by atoms with Crippen molar-refractivity contribution in [1.29, 1.82) is 0 Å². The van der Waals surface area contributed by atoms with Crippen LogP contribution in [0.5, 0.6) is 5.75 Å². The minimum atomic E-state index is 0. The number of rotatable bonds is 11. The quantitative estimate of drug-likeness (QED) is 0.180. The first-order valence-electron chi connectivity index (χ1n) is 8.52. The van der Waals surface area contributed by atoms with Crippen LogP contribution in [0, 0.1) is 0 Å². The maximum atomic E-state index is 5.70. The van der Waals surface area contributed by atoms with Gasteiger partial charge in [-0.15, -0.1) is 30.6 Å². The minimum absolute atomic E-state index is 0. The van der Waals surface area contributed by atoms with E-state index in [1.807, 2.05) is 30.3 Å². The van der Waals surface area contributed by atoms with Crippen molar-refractivity contribution >= 4 is 29.9 Å². The third-order valence-electron chi connectivity index (χ3n) is 3.50. The molecule has 0 saturated carbocycles. The molecule has 0 aliphatic carbocycles. The van der Waals surface area contributed by atoms with Crippen molar-refractivity contribution in [3.8, 4) is 5.75 Å². The first kappa shape index (κ1) is 23.7. The van der Waals surface area contributed by atoms with E-state index in [1.54, 1.807) is 7.11 Å². The van der Waals surface area contributed by atoms with Gasteiger partial charge in [-0.1, -0.05) is 18.2 Å². The standard InChI is InChI=1S/C19H31N3O2.HI/c1-5-7-8-13-22(3)19(20-6-2)21-12-14-24-16-17-10-9-11-18(15-17)23-4;/h5,9-11,15H,1,6-8,12-14,16H2,2-4H3,(H,20,21);1H. The number of hydrogen-bond donors (Lipinski definition) is 1. The van der Waals surface area contributed by atoms with Crippen molar-refractivity contribution in [2.24, 2.45) is 4.99 Å². The first-order chi connectivity index (χ1) is 11.7. The fourth-order valence-corrected chi connectivity index (χ4v) is 2.22. The molecule has 0 bridgehead atoms. The molecule has 0 saturated heterocycles. The van der Waals surface area contributed by atoms with Crippen molar-refractivity contribution < 1.29 is 9.47 Å². The van der Waals surface area contributed by atoms with E-state index in [9.17, 15) is 0 Å². The van der Waals surface area contributed by atoms with E-state index in [4.69, 9.17) is 9.47 Å². The summed E-state index contributed by atoms with van der Waals surface area (Å²) in [6, 6.07) is 7.92. The van der Waals surface area contributed by atoms with Gasteiger partial charge in [-0.25, -0.2) is 0 Å². The van der Waals surface area contributed by atoms with Crippen LogP contribution in [0.4, 0.5) is 0 Å². The number of unbranched alkanes of at least 4 members (excludes halogenated alkanes) is 1. The summed E-state index contributed by atoms with van der Waals surface area (Å²) in [5.74, 6) is 1.77. The number of halogens is 1. The van der Waals surface area contributed by atoms with Gasteiger partial charge in [-0.3, -0.25) is 4.99 Å². The second kappa shape index (κ2) is 15.0. The summed E-state index contributed by atoms with van der Waals surface area (Å²) < 4.78 is 10.9. The van der Waals surface area contributed by atoms with Crippen molar-refractivity contribution in [2.45, 2.75) is 26.4 Å². The van der Waals surface area contributed by atoms with E-state index in [-0.39, 0.29) is 24.0 Å². The van der Waals surface area contributed by atoms with Gasteiger partial charge < -0.3 is 19.7 Å². The van der Waals surface area contributed by atoms with E-state index in [2.05, 4.69) is 35.8 Å². The average Bonchev–Trinajstić information content (AvgIpc) is 2.60. The van der Waals surface area contributed by atoms with E-state index >= 15 is 0 Å². The predicted molar refractivity (Wildman–Crippen MR) is 116 cm³/mol. The van der Waals surface area contributed by atoms with E-state index in [1.165, 1.54) is 0 Å². The van der Waals surface area contributed by atoms with E-state index in [0.29, 0.717) is 19.8 Å². The lowest BCUT2D eigenvalue weighted by atomic mass is 10.2. The zero-order valence-electron chi connectivity index (χ0n) is 15.7. The molecule has 0 radical (unpaired) electrons. The van der Waals surface area contributed by atoms with Crippen LogP contribution in [0.1, 0.15) is 25.3 Å². The van der Waals surface area contributed by atoms with Crippen molar-refractivity contribution in [2.75, 3.05) is 40.4 Å². The normalized spacial score (nSPS) is 10.8. The molecule has 1 rings (SSSR count). The number of hydrogen-bond acceptors (Lipinski definition) is 3. The summed E-state index contributed by atoms with van der Waals surface area (Å²) in [7, 11) is 3.73. The Balaban J connectivity index is 0.00000576. The number of methoxy groups -OCH3 is 1. The molecule has 0 spiro atoms. The molecule has 0 fully saturated rings. The molecule has 1 aromatic carbocycles. The summed E-state index contributed by atoms with van der Waals surface area (Å²) in [6.07, 6.45) is 4.05. The third-order valence-corrected chi connectivity index (χ3v) is 3.50. The highest BCUT2D eigenvalue weighted by Crippen LogP contribution is 2.13. The molecule has 142 valence electrons. The summed E-state index contributed by atoms with van der Waals surface area (Å²) in [4.78, 5) is 6.76. The molecule has 0 aliphatic heterocycles. The fraction of sp³-hybridized carbons (Fsp3) is 0.526. The summed E-state index contributed by atoms with van der Waals surface area (Å²) in [6.45, 7) is 9.44. The van der Waals surface area contributed by atoms with Gasteiger partial charge in [0.25, 0.3) is 0 Å². The molecule has 0 aromatic heterocycles. The smallest absolute Gasteiger partial charge is 0.193 e. The highest BCUT2D eigenvalue weighted by Gasteiger charge is 2.04. The number of nitrogens with zero attached hydrogens (tertiary/aromatic N) is 2. The highest BCUT2D eigenvalue weighted by atomic mass is 127. The van der Waals surface area contributed by atoms with Gasteiger partial charge in [0, 0.05) is 20.1 Å². The Bertz CT molecular complexity index is 509. The Kier molecular flexibility index (Phi) is 14.2. The lowest BCUT2D eigenvalue weighted by Crippen LogP contribution is -2.39. The monoisotopic (exact) mass is 461 g/mol. The van der Waals surface area contributed by atoms with Crippen LogP contribution in [-0.4, -0.2) is 51.3 Å². The molecule has 6 heteroatoms. The Labute approximate surface area is 169 Å². The first-order valence-corrected chi connectivity index (χ1v) is 8.52. The molecule has 0 aliphatic rings. The fourth-order valence-electron chi connectivity index (χ4n) is 2.22. The van der Waals surface area contributed by atoms with Gasteiger partial charge in [0.15, 0.2) is 5.96 Å². The minimum Gasteiger partial charge on any atom is -0.497 e. The molecule has 1 N–H and O–H groups in total. The molecule has 0 heterocycles. The molecule has 0 atom stereocenters. The number of nitrogens with one attached hydrogen (secondary N) is 1. The topological polar surface area (TPSA) is 46.1 Å². The number of benzene rings is 1. The van der Waals surface area contributed by atoms with Gasteiger partial charge in [0.05, 0.1) is 26.9 Å². The number of allylic oxidation sites excluding steroid dienone is 1. The number of guanidine groups is 1. The summed E-state index contributed by atoms with van der Waals surface area (Å²) >= 11 is 0. The number of aliphatic imine (C=N–C) groups is 1. The van der Waals surface area contributed by atoms with Crippen LogP contribution >= 0.6 is 24.0 Å². The van der Waals surface area contributed by atoms with Crippen LogP contribution < -0.4 is 10.1 Å². The van der Waals surface area contributed by atoms with Gasteiger partial charge >= 0.3 is 0 Å². The largest absolute Gasteiger partial charge is 0.497 e. The van der Waals surface area contributed by atoms with Crippen LogP contribution in [0.25, 0.3) is 0 Å². The van der Waals surface area contributed by atoms with Crippen LogP contribution in [0.2, 0.25) is 0 Å². The van der Waals surface area contributed by atoms with E-state index < -0.39 is 0 Å². The van der Waals surface area contributed by atoms with Crippen LogP contribution in [-0.2, 0) is 11.3 Å². The Morgan fingerprint density at radius 2 is 2.20 bits per heavy atom. The summed E-state index contributed by atoms with van der Waals surface area (Å²) in [5, 5.41) is 3.31. The van der Waals surface area contributed by atoms with Crippen LogP contribution in [0.3, 0.4) is 0 Å². The van der Waals surface area contributed by atoms with Gasteiger partial charge in [0.2, 0.25) is 0 Å². The maximum Gasteiger partial charge on any atom is 0.193 e. The Hall–Kier alpha value is -1.28. The molecule has 0 amide bonds. The Morgan fingerprint density at radius 1 is 1.40 bits per heavy atom. The molecular weight excluding hydrogens is 429 g/mol. The second-order valence-electron chi connectivity index (χ2n) is 5.49. The molecule has 5 nitrogen and oxygen atoms in total. The van der Waals surface area contributed by atoms with Gasteiger partial charge in [-0.05, 0) is 37.5 Å². The Morgan fingerprint density at radius 3 is 2.88 bits per heavy atom. The lowest BCUT2D eigenvalue weighted by Gasteiger charge is -2.21. The van der Waals surface area contributed by atoms with E-state index in [0.717, 1.165) is 43.2 Å². The average molecular weight is 461 g/mol. The zero-order chi connectivity index (χ0) is 17.6. The maximum absolute atomic E-state index is 5.70. The van der Waals surface area contributed by atoms with Crippen LogP contribution in [0.15, 0.2) is 41.9 Å². The highest BCUT2D eigenvalue weighted by molar-refractivity contribution is 14.0. The lowest BCUT2D eigenvalue weighted by molar-refractivity contribution is 0.128. The predicted octanol–water partition coefficient (Wildman–Crippen LogP) is 3.69. The van der Waals surface area contributed by atoms with Gasteiger partial charge in [-0.2, -0.15) is 0 Å². The third kappa shape index (κ3) is 10.3. The van der Waals surface area contributed by atoms with Crippen molar-refractivity contribution in [1.82, 2.24) is 10.2 Å². The molecular formula is C19H32IN3O2. The SMILES string of the molecule is C=CCCCN(C)C(=NCCOCc1cccc(OC)c1)NCC.I. The second-order valence-corrected chi connectivity index (χ2v) is 5.49. The zero-order valence-corrected chi connectivity index (χ0v) is 18.0. The summed E-state index contributed by atoms with van der Waals surface area (Å²) in [5.41, 5.74) is 1.10. The molecule has 0 unspecified atom stereocenters. The van der Waals surface area contributed by atoms with Crippen molar-refractivity contribution in [3.63, 3.8) is 0 Å². The molecule has 1 aromatic rings. The molecule has 25 heavy (non-hydrogen) atoms. The number of ether oxygens (including phenoxy) is 2.